The largest absolute Gasteiger partial charge is 0.481 e. The first-order chi connectivity index (χ1) is 11.0. The van der Waals surface area contributed by atoms with Crippen LogP contribution in [0.15, 0.2) is 48.5 Å². The molecule has 0 radical (unpaired) electrons. The molecule has 120 valence electrons. The Kier molecular flexibility index (Phi) is 4.06. The SMILES string of the molecule is CN(CC1Nc2cc(F)ccc2OC1c1ccccc1)C(N)=O. The van der Waals surface area contributed by atoms with E-state index in [0.29, 0.717) is 18.0 Å². The van der Waals surface area contributed by atoms with E-state index in [1.807, 2.05) is 30.3 Å². The molecule has 0 aromatic heterocycles. The summed E-state index contributed by atoms with van der Waals surface area (Å²) in [7, 11) is 1.62. The van der Waals surface area contributed by atoms with Crippen LogP contribution in [0.25, 0.3) is 0 Å². The third-order valence-electron chi connectivity index (χ3n) is 3.88. The van der Waals surface area contributed by atoms with Gasteiger partial charge in [0.15, 0.2) is 0 Å². The van der Waals surface area contributed by atoms with E-state index in [0.717, 1.165) is 5.56 Å². The highest BCUT2D eigenvalue weighted by Crippen LogP contribution is 2.37. The molecule has 1 aliphatic rings. The fraction of sp³-hybridized carbons (Fsp3) is 0.235. The highest BCUT2D eigenvalue weighted by Gasteiger charge is 2.32. The molecule has 5 nitrogen and oxygen atoms in total. The number of nitrogens with two attached hydrogens (primary N) is 1. The summed E-state index contributed by atoms with van der Waals surface area (Å²) >= 11 is 0. The number of hydrogen-bond donors (Lipinski definition) is 2. The van der Waals surface area contributed by atoms with Gasteiger partial charge in [0.05, 0.1) is 11.7 Å². The summed E-state index contributed by atoms with van der Waals surface area (Å²) in [5.41, 5.74) is 6.85. The van der Waals surface area contributed by atoms with Crippen molar-refractivity contribution < 1.29 is 13.9 Å². The van der Waals surface area contributed by atoms with Crippen LogP contribution >= 0.6 is 0 Å². The van der Waals surface area contributed by atoms with Crippen LogP contribution in [0.1, 0.15) is 11.7 Å². The highest BCUT2D eigenvalue weighted by atomic mass is 19.1. The second-order valence-corrected chi connectivity index (χ2v) is 5.56. The van der Waals surface area contributed by atoms with Crippen molar-refractivity contribution in [2.45, 2.75) is 12.1 Å². The fourth-order valence-electron chi connectivity index (χ4n) is 2.68. The second kappa shape index (κ2) is 6.16. The number of carbonyl (C=O) groups excluding carboxylic acids is 1. The number of nitrogens with zero attached hydrogens (tertiary/aromatic N) is 1. The third kappa shape index (κ3) is 3.21. The number of likely N-dealkylation sites (N-methyl/N-ethyl adjacent to an activating group) is 1. The topological polar surface area (TPSA) is 67.6 Å². The molecule has 2 amide bonds. The molecular weight excluding hydrogens is 297 g/mol. The smallest absolute Gasteiger partial charge is 0.314 e. The van der Waals surface area contributed by atoms with Crippen molar-refractivity contribution in [2.75, 3.05) is 18.9 Å². The Hall–Kier alpha value is -2.76. The maximum Gasteiger partial charge on any atom is 0.314 e. The van der Waals surface area contributed by atoms with Gasteiger partial charge in [0.1, 0.15) is 17.7 Å². The summed E-state index contributed by atoms with van der Waals surface area (Å²) in [6.45, 7) is 0.338. The van der Waals surface area contributed by atoms with Gasteiger partial charge in [-0.1, -0.05) is 30.3 Å². The Bertz CT molecular complexity index is 708. The fourth-order valence-corrected chi connectivity index (χ4v) is 2.68. The number of ether oxygens (including phenoxy) is 1. The van der Waals surface area contributed by atoms with Crippen LogP contribution in [0.2, 0.25) is 0 Å². The van der Waals surface area contributed by atoms with Gasteiger partial charge in [0.25, 0.3) is 0 Å². The summed E-state index contributed by atoms with van der Waals surface area (Å²) in [6.07, 6.45) is -0.309. The normalized spacial score (nSPS) is 19.2. The predicted molar refractivity (Wildman–Crippen MR) is 85.8 cm³/mol. The lowest BCUT2D eigenvalue weighted by atomic mass is 9.99. The number of urea groups is 1. The van der Waals surface area contributed by atoms with Gasteiger partial charge < -0.3 is 20.7 Å². The molecule has 2 aromatic carbocycles. The van der Waals surface area contributed by atoms with Gasteiger partial charge in [0.2, 0.25) is 0 Å². The second-order valence-electron chi connectivity index (χ2n) is 5.56. The maximum atomic E-state index is 13.5. The first kappa shape index (κ1) is 15.1. The van der Waals surface area contributed by atoms with Crippen LogP contribution in [-0.2, 0) is 0 Å². The lowest BCUT2D eigenvalue weighted by Gasteiger charge is -2.37. The quantitative estimate of drug-likeness (QED) is 0.915. The van der Waals surface area contributed by atoms with Gasteiger partial charge in [-0.3, -0.25) is 0 Å². The van der Waals surface area contributed by atoms with Crippen molar-refractivity contribution >= 4 is 11.7 Å². The van der Waals surface area contributed by atoms with Crippen molar-refractivity contribution in [1.82, 2.24) is 4.90 Å². The van der Waals surface area contributed by atoms with Gasteiger partial charge in [0, 0.05) is 19.7 Å². The molecule has 0 spiro atoms. The number of nitrogens with one attached hydrogen (secondary N) is 1. The van der Waals surface area contributed by atoms with Gasteiger partial charge in [-0.05, 0) is 17.7 Å². The summed E-state index contributed by atoms with van der Waals surface area (Å²) in [5, 5.41) is 3.26. The predicted octanol–water partition coefficient (Wildman–Crippen LogP) is 2.75. The average Bonchev–Trinajstić information content (AvgIpc) is 2.54. The molecule has 1 aliphatic heterocycles. The van der Waals surface area contributed by atoms with E-state index in [1.165, 1.54) is 17.0 Å². The van der Waals surface area contributed by atoms with Crippen LogP contribution in [0, 0.1) is 5.82 Å². The molecule has 3 N–H and O–H groups in total. The molecule has 0 aliphatic carbocycles. The number of carbonyl (C=O) groups is 1. The zero-order valence-electron chi connectivity index (χ0n) is 12.7. The minimum absolute atomic E-state index is 0.246. The summed E-state index contributed by atoms with van der Waals surface area (Å²) in [6, 6.07) is 13.3. The van der Waals surface area contributed by atoms with Crippen LogP contribution in [0.5, 0.6) is 5.75 Å². The number of fused-ring (bicyclic) bond motifs is 1. The van der Waals surface area contributed by atoms with Gasteiger partial charge >= 0.3 is 6.03 Å². The molecule has 0 saturated heterocycles. The van der Waals surface area contributed by atoms with Crippen LogP contribution in [0.4, 0.5) is 14.9 Å². The highest BCUT2D eigenvalue weighted by molar-refractivity contribution is 5.71. The average molecular weight is 315 g/mol. The van der Waals surface area contributed by atoms with Crippen LogP contribution in [0.3, 0.4) is 0 Å². The maximum absolute atomic E-state index is 13.5. The van der Waals surface area contributed by atoms with E-state index in [-0.39, 0.29) is 18.0 Å². The Labute approximate surface area is 133 Å². The lowest BCUT2D eigenvalue weighted by molar-refractivity contribution is 0.150. The van der Waals surface area contributed by atoms with Crippen molar-refractivity contribution in [3.8, 4) is 5.75 Å². The zero-order valence-corrected chi connectivity index (χ0v) is 12.7. The summed E-state index contributed by atoms with van der Waals surface area (Å²) in [4.78, 5) is 12.7. The van der Waals surface area contributed by atoms with E-state index in [9.17, 15) is 9.18 Å². The number of benzene rings is 2. The van der Waals surface area contributed by atoms with Gasteiger partial charge in [-0.2, -0.15) is 0 Å². The van der Waals surface area contributed by atoms with Crippen molar-refractivity contribution in [3.63, 3.8) is 0 Å². The van der Waals surface area contributed by atoms with Crippen molar-refractivity contribution in [2.24, 2.45) is 5.73 Å². The van der Waals surface area contributed by atoms with Gasteiger partial charge in [-0.25, -0.2) is 9.18 Å². The van der Waals surface area contributed by atoms with E-state index in [2.05, 4.69) is 5.32 Å². The molecule has 2 unspecified atom stereocenters. The first-order valence-corrected chi connectivity index (χ1v) is 7.33. The Balaban J connectivity index is 1.93. The van der Waals surface area contributed by atoms with E-state index in [1.54, 1.807) is 13.1 Å². The minimum atomic E-state index is -0.524. The van der Waals surface area contributed by atoms with E-state index < -0.39 is 6.03 Å². The van der Waals surface area contributed by atoms with E-state index in [4.69, 9.17) is 10.5 Å². The molecule has 6 heteroatoms. The Morgan fingerprint density at radius 1 is 1.30 bits per heavy atom. The van der Waals surface area contributed by atoms with Crippen LogP contribution < -0.4 is 15.8 Å². The van der Waals surface area contributed by atoms with Gasteiger partial charge in [-0.15, -0.1) is 0 Å². The number of primary amides is 1. The molecule has 23 heavy (non-hydrogen) atoms. The molecule has 3 rings (SSSR count). The molecule has 2 aromatic rings. The summed E-state index contributed by atoms with van der Waals surface area (Å²) < 4.78 is 19.5. The molecule has 0 saturated carbocycles. The lowest BCUT2D eigenvalue weighted by Crippen LogP contribution is -2.46. The molecule has 1 heterocycles. The standard InChI is InChI=1S/C17H18FN3O2/c1-21(17(19)22)10-14-16(11-5-3-2-4-6-11)23-15-8-7-12(18)9-13(15)20-14/h2-9,14,16,20H,10H2,1H3,(H2,19,22). The Morgan fingerprint density at radius 3 is 2.74 bits per heavy atom. The molecule has 0 fully saturated rings. The third-order valence-corrected chi connectivity index (χ3v) is 3.88. The number of anilines is 1. The monoisotopic (exact) mass is 315 g/mol. The van der Waals surface area contributed by atoms with E-state index >= 15 is 0 Å². The van der Waals surface area contributed by atoms with Crippen molar-refractivity contribution in [3.05, 3.63) is 59.9 Å². The number of halogens is 1. The minimum Gasteiger partial charge on any atom is -0.481 e. The number of rotatable bonds is 3. The van der Waals surface area contributed by atoms with Crippen LogP contribution in [-0.4, -0.2) is 30.6 Å². The molecule has 2 atom stereocenters. The van der Waals surface area contributed by atoms with Crippen molar-refractivity contribution in [1.29, 1.82) is 0 Å². The summed E-state index contributed by atoms with van der Waals surface area (Å²) in [5.74, 6) is 0.234. The molecular formula is C17H18FN3O2. The zero-order chi connectivity index (χ0) is 16.4. The number of amides is 2. The first-order valence-electron chi connectivity index (χ1n) is 7.33. The Morgan fingerprint density at radius 2 is 2.04 bits per heavy atom. The number of hydrogen-bond acceptors (Lipinski definition) is 3. The molecule has 0 bridgehead atoms.